The molecule has 6 rings (SSSR count). The zero-order valence-corrected chi connectivity index (χ0v) is 19.0. The SMILES string of the molecule is COc1cc(-c2[nH]c3ccc(C4CC(CC5COC5)C4)cc3c2C(C)C)cn2ncnc12. The zero-order valence-electron chi connectivity index (χ0n) is 19.0. The first-order valence-corrected chi connectivity index (χ1v) is 11.7. The maximum Gasteiger partial charge on any atom is 0.197 e. The number of hydrogen-bond donors (Lipinski definition) is 1. The Kier molecular flexibility index (Phi) is 4.72. The molecule has 32 heavy (non-hydrogen) atoms. The Morgan fingerprint density at radius 1 is 1.19 bits per heavy atom. The molecule has 0 radical (unpaired) electrons. The number of pyridine rings is 1. The van der Waals surface area contributed by atoms with Gasteiger partial charge in [0.2, 0.25) is 0 Å². The highest BCUT2D eigenvalue weighted by Gasteiger charge is 2.34. The van der Waals surface area contributed by atoms with Crippen molar-refractivity contribution in [3.05, 3.63) is 47.9 Å². The number of hydrogen-bond acceptors (Lipinski definition) is 4. The van der Waals surface area contributed by atoms with E-state index >= 15 is 0 Å². The van der Waals surface area contributed by atoms with Crippen LogP contribution in [-0.4, -0.2) is 39.9 Å². The Labute approximate surface area is 187 Å². The summed E-state index contributed by atoms with van der Waals surface area (Å²) in [5.41, 5.74) is 6.95. The molecule has 6 nitrogen and oxygen atoms in total. The maximum atomic E-state index is 5.60. The molecule has 3 aromatic heterocycles. The molecular weight excluding hydrogens is 400 g/mol. The summed E-state index contributed by atoms with van der Waals surface area (Å²) in [5, 5.41) is 5.67. The number of benzene rings is 1. The fourth-order valence-corrected chi connectivity index (χ4v) is 5.59. The molecule has 4 aromatic rings. The van der Waals surface area contributed by atoms with Crippen LogP contribution in [0.5, 0.6) is 5.75 Å². The lowest BCUT2D eigenvalue weighted by Gasteiger charge is -2.39. The number of rotatable bonds is 6. The van der Waals surface area contributed by atoms with Gasteiger partial charge in [0.05, 0.1) is 26.0 Å². The first-order chi connectivity index (χ1) is 15.6. The summed E-state index contributed by atoms with van der Waals surface area (Å²) in [6.07, 6.45) is 7.57. The van der Waals surface area contributed by atoms with Gasteiger partial charge < -0.3 is 14.5 Å². The summed E-state index contributed by atoms with van der Waals surface area (Å²) >= 11 is 0. The smallest absolute Gasteiger partial charge is 0.197 e. The molecule has 0 spiro atoms. The molecule has 1 aliphatic carbocycles. The topological polar surface area (TPSA) is 64.4 Å². The van der Waals surface area contributed by atoms with E-state index in [0.29, 0.717) is 11.8 Å². The molecule has 1 saturated carbocycles. The van der Waals surface area contributed by atoms with Crippen molar-refractivity contribution in [1.29, 1.82) is 0 Å². The number of aromatic amines is 1. The second-order valence-electron chi connectivity index (χ2n) is 9.87. The van der Waals surface area contributed by atoms with Crippen molar-refractivity contribution >= 4 is 16.6 Å². The highest BCUT2D eigenvalue weighted by Crippen LogP contribution is 2.47. The second kappa shape index (κ2) is 7.62. The lowest BCUT2D eigenvalue weighted by atomic mass is 9.68. The van der Waals surface area contributed by atoms with Crippen molar-refractivity contribution in [2.45, 2.75) is 44.9 Å². The standard InChI is InChI=1S/C26H30N4O2/c1-15(2)24-21-9-18(19-7-16(8-19)6-17-12-32-13-17)4-5-22(21)29-25(24)20-10-23(31-3)26-27-14-28-30(26)11-20/h4-5,9-11,14-17,19,29H,6-8,12-13H2,1-3H3. The van der Waals surface area contributed by atoms with Crippen molar-refractivity contribution in [1.82, 2.24) is 19.6 Å². The lowest BCUT2D eigenvalue weighted by Crippen LogP contribution is -2.33. The van der Waals surface area contributed by atoms with Crippen LogP contribution in [0.3, 0.4) is 0 Å². The maximum absolute atomic E-state index is 5.60. The number of aromatic nitrogens is 4. The van der Waals surface area contributed by atoms with Gasteiger partial charge in [0.15, 0.2) is 11.4 Å². The molecule has 2 fully saturated rings. The highest BCUT2D eigenvalue weighted by atomic mass is 16.5. The molecule has 6 heteroatoms. The number of ether oxygens (including phenoxy) is 2. The lowest BCUT2D eigenvalue weighted by molar-refractivity contribution is -0.0489. The van der Waals surface area contributed by atoms with E-state index in [0.717, 1.165) is 47.7 Å². The molecule has 0 bridgehead atoms. The zero-order chi connectivity index (χ0) is 21.8. The largest absolute Gasteiger partial charge is 0.493 e. The average Bonchev–Trinajstić information content (AvgIpc) is 3.34. The number of fused-ring (bicyclic) bond motifs is 2. The molecule has 0 amide bonds. The van der Waals surface area contributed by atoms with Gasteiger partial charge in [-0.05, 0) is 66.3 Å². The van der Waals surface area contributed by atoms with Crippen molar-refractivity contribution in [3.63, 3.8) is 0 Å². The van der Waals surface area contributed by atoms with Gasteiger partial charge in [0.25, 0.3) is 0 Å². The predicted octanol–water partition coefficient (Wildman–Crippen LogP) is 5.54. The van der Waals surface area contributed by atoms with Gasteiger partial charge in [0, 0.05) is 28.6 Å². The molecule has 166 valence electrons. The third kappa shape index (κ3) is 3.20. The third-order valence-corrected chi connectivity index (χ3v) is 7.37. The molecule has 1 aliphatic heterocycles. The van der Waals surface area contributed by atoms with E-state index in [2.05, 4.69) is 53.2 Å². The normalized spacial score (nSPS) is 21.2. The van der Waals surface area contributed by atoms with E-state index in [4.69, 9.17) is 9.47 Å². The molecule has 4 heterocycles. The summed E-state index contributed by atoms with van der Waals surface area (Å²) in [5.74, 6) is 3.49. The van der Waals surface area contributed by atoms with Crippen LogP contribution in [0.1, 0.15) is 56.1 Å². The van der Waals surface area contributed by atoms with Crippen LogP contribution < -0.4 is 4.74 Å². The summed E-state index contributed by atoms with van der Waals surface area (Å²) in [6.45, 7) is 6.48. The Balaban J connectivity index is 1.36. The van der Waals surface area contributed by atoms with E-state index < -0.39 is 0 Å². The number of methoxy groups -OCH3 is 1. The van der Waals surface area contributed by atoms with Gasteiger partial charge in [-0.15, -0.1) is 0 Å². The minimum absolute atomic E-state index is 0.388. The number of H-pyrrole nitrogens is 1. The Morgan fingerprint density at radius 2 is 2.03 bits per heavy atom. The van der Waals surface area contributed by atoms with E-state index in [1.54, 1.807) is 18.0 Å². The Bertz CT molecular complexity index is 1280. The molecule has 2 aliphatic rings. The molecule has 0 atom stereocenters. The van der Waals surface area contributed by atoms with E-state index in [1.807, 2.05) is 6.20 Å². The van der Waals surface area contributed by atoms with Gasteiger partial charge in [-0.2, -0.15) is 5.10 Å². The molecule has 1 N–H and O–H groups in total. The fraction of sp³-hybridized carbons (Fsp3) is 0.462. The van der Waals surface area contributed by atoms with Crippen LogP contribution in [0.15, 0.2) is 36.8 Å². The first kappa shape index (κ1) is 19.8. The van der Waals surface area contributed by atoms with Crippen molar-refractivity contribution in [3.8, 4) is 17.0 Å². The first-order valence-electron chi connectivity index (χ1n) is 11.7. The van der Waals surface area contributed by atoms with E-state index in [1.165, 1.54) is 41.3 Å². The van der Waals surface area contributed by atoms with E-state index in [-0.39, 0.29) is 0 Å². The molecular formula is C26H30N4O2. The van der Waals surface area contributed by atoms with Crippen molar-refractivity contribution in [2.75, 3.05) is 20.3 Å². The quantitative estimate of drug-likeness (QED) is 0.436. The second-order valence-corrected chi connectivity index (χ2v) is 9.87. The van der Waals surface area contributed by atoms with Crippen LogP contribution in [0.2, 0.25) is 0 Å². The summed E-state index contributed by atoms with van der Waals surface area (Å²) in [4.78, 5) is 8.01. The average molecular weight is 431 g/mol. The van der Waals surface area contributed by atoms with Crippen LogP contribution in [0.25, 0.3) is 27.8 Å². The molecule has 1 saturated heterocycles. The van der Waals surface area contributed by atoms with Crippen LogP contribution in [-0.2, 0) is 4.74 Å². The van der Waals surface area contributed by atoms with Gasteiger partial charge in [-0.1, -0.05) is 19.9 Å². The Hall–Kier alpha value is -2.86. The van der Waals surface area contributed by atoms with Crippen molar-refractivity contribution in [2.24, 2.45) is 11.8 Å². The van der Waals surface area contributed by atoms with Crippen molar-refractivity contribution < 1.29 is 9.47 Å². The summed E-state index contributed by atoms with van der Waals surface area (Å²) in [7, 11) is 1.68. The van der Waals surface area contributed by atoms with Crippen LogP contribution >= 0.6 is 0 Å². The van der Waals surface area contributed by atoms with Crippen LogP contribution in [0.4, 0.5) is 0 Å². The number of nitrogens with one attached hydrogen (secondary N) is 1. The Morgan fingerprint density at radius 3 is 2.75 bits per heavy atom. The highest BCUT2D eigenvalue weighted by molar-refractivity contribution is 5.92. The van der Waals surface area contributed by atoms with Gasteiger partial charge >= 0.3 is 0 Å². The summed E-state index contributed by atoms with van der Waals surface area (Å²) in [6, 6.07) is 9.07. The van der Waals surface area contributed by atoms with E-state index in [9.17, 15) is 0 Å². The minimum atomic E-state index is 0.388. The van der Waals surface area contributed by atoms with Gasteiger partial charge in [-0.25, -0.2) is 9.50 Å². The predicted molar refractivity (Wildman–Crippen MR) is 125 cm³/mol. The number of nitrogens with zero attached hydrogens (tertiary/aromatic N) is 3. The van der Waals surface area contributed by atoms with Gasteiger partial charge in [-0.3, -0.25) is 0 Å². The molecule has 1 aromatic carbocycles. The monoisotopic (exact) mass is 430 g/mol. The van der Waals surface area contributed by atoms with Gasteiger partial charge in [0.1, 0.15) is 6.33 Å². The third-order valence-electron chi connectivity index (χ3n) is 7.37. The summed E-state index contributed by atoms with van der Waals surface area (Å²) < 4.78 is 12.7. The molecule has 0 unspecified atom stereocenters. The minimum Gasteiger partial charge on any atom is -0.493 e. The fourth-order valence-electron chi connectivity index (χ4n) is 5.59. The van der Waals surface area contributed by atoms with Crippen LogP contribution in [0, 0.1) is 11.8 Å².